The molecule has 3 unspecified atom stereocenters. The van der Waals surface area contributed by atoms with E-state index in [9.17, 15) is 4.79 Å². The van der Waals surface area contributed by atoms with Crippen LogP contribution in [0.5, 0.6) is 0 Å². The van der Waals surface area contributed by atoms with Gasteiger partial charge in [0, 0.05) is 0 Å². The standard InChI is InChI=1S/C13H22O2/c1-6-8-9(7-2)10-11(12(14)15-5)13(10,3)4/h6,8-11H,7H2,1-5H3/b8-6-. The molecule has 0 N–H and O–H groups in total. The highest BCUT2D eigenvalue weighted by Crippen LogP contribution is 2.63. The van der Waals surface area contributed by atoms with E-state index >= 15 is 0 Å². The van der Waals surface area contributed by atoms with Gasteiger partial charge in [-0.1, -0.05) is 32.9 Å². The molecule has 1 saturated carbocycles. The van der Waals surface area contributed by atoms with E-state index in [1.807, 2.05) is 6.92 Å². The number of carbonyl (C=O) groups excluding carboxylic acids is 1. The van der Waals surface area contributed by atoms with Gasteiger partial charge in [-0.3, -0.25) is 4.79 Å². The highest BCUT2D eigenvalue weighted by molar-refractivity contribution is 5.77. The zero-order valence-corrected chi connectivity index (χ0v) is 10.4. The Hall–Kier alpha value is -0.790. The van der Waals surface area contributed by atoms with Crippen LogP contribution in [-0.4, -0.2) is 13.1 Å². The molecule has 1 fully saturated rings. The first-order chi connectivity index (χ1) is 7.00. The summed E-state index contributed by atoms with van der Waals surface area (Å²) in [6, 6.07) is 0. The molecule has 1 aliphatic carbocycles. The smallest absolute Gasteiger partial charge is 0.309 e. The van der Waals surface area contributed by atoms with Crippen molar-refractivity contribution in [2.45, 2.75) is 34.1 Å². The number of methoxy groups -OCH3 is 1. The van der Waals surface area contributed by atoms with E-state index in [4.69, 9.17) is 4.74 Å². The summed E-state index contributed by atoms with van der Waals surface area (Å²) in [5.41, 5.74) is 0.104. The van der Waals surface area contributed by atoms with Crippen LogP contribution in [0.15, 0.2) is 12.2 Å². The molecular formula is C13H22O2. The van der Waals surface area contributed by atoms with Gasteiger partial charge in [0.15, 0.2) is 0 Å². The molecule has 0 spiro atoms. The summed E-state index contributed by atoms with van der Waals surface area (Å²) in [4.78, 5) is 11.6. The Morgan fingerprint density at radius 3 is 2.53 bits per heavy atom. The lowest BCUT2D eigenvalue weighted by Crippen LogP contribution is -2.08. The molecule has 0 radical (unpaired) electrons. The highest BCUT2D eigenvalue weighted by Gasteiger charge is 2.64. The minimum absolute atomic E-state index is 0.0482. The summed E-state index contributed by atoms with van der Waals surface area (Å²) in [5, 5.41) is 0. The van der Waals surface area contributed by atoms with Gasteiger partial charge in [0.05, 0.1) is 13.0 Å². The maximum Gasteiger partial charge on any atom is 0.309 e. The lowest BCUT2D eigenvalue weighted by Gasteiger charge is -2.10. The first-order valence-corrected chi connectivity index (χ1v) is 5.71. The molecular weight excluding hydrogens is 188 g/mol. The van der Waals surface area contributed by atoms with E-state index in [0.717, 1.165) is 6.42 Å². The van der Waals surface area contributed by atoms with Crippen molar-refractivity contribution >= 4 is 5.97 Å². The summed E-state index contributed by atoms with van der Waals surface area (Å²) in [7, 11) is 1.48. The molecule has 0 aromatic carbocycles. The van der Waals surface area contributed by atoms with E-state index in [-0.39, 0.29) is 17.3 Å². The number of hydrogen-bond acceptors (Lipinski definition) is 2. The molecule has 15 heavy (non-hydrogen) atoms. The second kappa shape index (κ2) is 4.38. The molecule has 2 heteroatoms. The average Bonchev–Trinajstić information content (AvgIpc) is 2.77. The Kier molecular flexibility index (Phi) is 3.58. The van der Waals surface area contributed by atoms with Gasteiger partial charge >= 0.3 is 5.97 Å². The number of carbonyl (C=O) groups is 1. The summed E-state index contributed by atoms with van der Waals surface area (Å²) >= 11 is 0. The second-order valence-corrected chi connectivity index (χ2v) is 4.95. The Balaban J connectivity index is 2.76. The fourth-order valence-electron chi connectivity index (χ4n) is 2.81. The van der Waals surface area contributed by atoms with Gasteiger partial charge in [-0.25, -0.2) is 0 Å². The molecule has 1 aliphatic rings. The topological polar surface area (TPSA) is 26.3 Å². The minimum Gasteiger partial charge on any atom is -0.469 e. The van der Waals surface area contributed by atoms with Crippen LogP contribution in [-0.2, 0) is 9.53 Å². The molecule has 0 aliphatic heterocycles. The molecule has 0 aromatic rings. The third kappa shape index (κ3) is 2.09. The summed E-state index contributed by atoms with van der Waals surface area (Å²) in [6.07, 6.45) is 5.39. The van der Waals surface area contributed by atoms with Crippen molar-refractivity contribution in [3.63, 3.8) is 0 Å². The maximum atomic E-state index is 11.6. The number of ether oxygens (including phenoxy) is 1. The quantitative estimate of drug-likeness (QED) is 0.526. The van der Waals surface area contributed by atoms with Gasteiger partial charge in [-0.05, 0) is 30.6 Å². The van der Waals surface area contributed by atoms with Crippen LogP contribution in [0.4, 0.5) is 0 Å². The van der Waals surface area contributed by atoms with Crippen molar-refractivity contribution in [3.05, 3.63) is 12.2 Å². The normalized spacial score (nSPS) is 30.2. The first-order valence-electron chi connectivity index (χ1n) is 5.71. The minimum atomic E-state index is -0.0482. The SMILES string of the molecule is C/C=C\C(CC)C1C(C(=O)OC)C1(C)C. The molecule has 0 saturated heterocycles. The van der Waals surface area contributed by atoms with Crippen LogP contribution in [0.1, 0.15) is 34.1 Å². The Labute approximate surface area is 92.7 Å². The zero-order chi connectivity index (χ0) is 11.6. The lowest BCUT2D eigenvalue weighted by atomic mass is 9.94. The first kappa shape index (κ1) is 12.3. The molecule has 0 amide bonds. The van der Waals surface area contributed by atoms with Crippen LogP contribution < -0.4 is 0 Å². The Morgan fingerprint density at radius 2 is 2.13 bits per heavy atom. The van der Waals surface area contributed by atoms with E-state index in [2.05, 4.69) is 32.9 Å². The Morgan fingerprint density at radius 1 is 1.53 bits per heavy atom. The number of esters is 1. The largest absolute Gasteiger partial charge is 0.469 e. The molecule has 1 rings (SSSR count). The number of rotatable bonds is 4. The second-order valence-electron chi connectivity index (χ2n) is 4.95. The predicted molar refractivity (Wildman–Crippen MR) is 61.4 cm³/mol. The van der Waals surface area contributed by atoms with Gasteiger partial charge in [-0.2, -0.15) is 0 Å². The van der Waals surface area contributed by atoms with Crippen molar-refractivity contribution in [1.82, 2.24) is 0 Å². The fourth-order valence-corrected chi connectivity index (χ4v) is 2.81. The average molecular weight is 210 g/mol. The van der Waals surface area contributed by atoms with Gasteiger partial charge in [0.1, 0.15) is 0 Å². The van der Waals surface area contributed by atoms with Gasteiger partial charge in [0.25, 0.3) is 0 Å². The molecule has 2 nitrogen and oxygen atoms in total. The van der Waals surface area contributed by atoms with Gasteiger partial charge in [-0.15, -0.1) is 0 Å². The van der Waals surface area contributed by atoms with Crippen LogP contribution in [0.25, 0.3) is 0 Å². The zero-order valence-electron chi connectivity index (χ0n) is 10.4. The summed E-state index contributed by atoms with van der Waals surface area (Å²) in [6.45, 7) is 8.52. The number of hydrogen-bond donors (Lipinski definition) is 0. The molecule has 0 aromatic heterocycles. The third-order valence-electron chi connectivity index (χ3n) is 3.74. The van der Waals surface area contributed by atoms with Crippen molar-refractivity contribution in [2.24, 2.45) is 23.2 Å². The predicted octanol–water partition coefficient (Wildman–Crippen LogP) is 3.03. The van der Waals surface area contributed by atoms with E-state index in [0.29, 0.717) is 11.8 Å². The van der Waals surface area contributed by atoms with Crippen molar-refractivity contribution < 1.29 is 9.53 Å². The molecule has 3 atom stereocenters. The monoisotopic (exact) mass is 210 g/mol. The van der Waals surface area contributed by atoms with Crippen molar-refractivity contribution in [2.75, 3.05) is 7.11 Å². The molecule has 0 bridgehead atoms. The van der Waals surface area contributed by atoms with Crippen molar-refractivity contribution in [1.29, 1.82) is 0 Å². The third-order valence-corrected chi connectivity index (χ3v) is 3.74. The maximum absolute atomic E-state index is 11.6. The Bertz CT molecular complexity index is 266. The number of allylic oxidation sites excluding steroid dienone is 2. The van der Waals surface area contributed by atoms with Crippen LogP contribution in [0, 0.1) is 23.2 Å². The van der Waals surface area contributed by atoms with Crippen LogP contribution >= 0.6 is 0 Å². The van der Waals surface area contributed by atoms with Crippen LogP contribution in [0.3, 0.4) is 0 Å². The van der Waals surface area contributed by atoms with Gasteiger partial charge in [0.2, 0.25) is 0 Å². The fraction of sp³-hybridized carbons (Fsp3) is 0.769. The summed E-state index contributed by atoms with van der Waals surface area (Å²) in [5.74, 6) is 0.997. The van der Waals surface area contributed by atoms with Crippen LogP contribution in [0.2, 0.25) is 0 Å². The van der Waals surface area contributed by atoms with Crippen molar-refractivity contribution in [3.8, 4) is 0 Å². The lowest BCUT2D eigenvalue weighted by molar-refractivity contribution is -0.143. The summed E-state index contributed by atoms with van der Waals surface area (Å²) < 4.78 is 4.85. The van der Waals surface area contributed by atoms with E-state index < -0.39 is 0 Å². The molecule has 86 valence electrons. The molecule has 0 heterocycles. The van der Waals surface area contributed by atoms with E-state index in [1.54, 1.807) is 0 Å². The van der Waals surface area contributed by atoms with E-state index in [1.165, 1.54) is 7.11 Å². The highest BCUT2D eigenvalue weighted by atomic mass is 16.5. The van der Waals surface area contributed by atoms with Gasteiger partial charge < -0.3 is 4.74 Å².